The number of nitrogens with zero attached hydrogens (tertiary/aromatic N) is 2. The molecule has 0 saturated carbocycles. The molecule has 5 rings (SSSR count). The van der Waals surface area contributed by atoms with E-state index in [1.807, 2.05) is 36.4 Å². The Morgan fingerprint density at radius 1 is 0.912 bits per heavy atom. The van der Waals surface area contributed by atoms with Crippen molar-refractivity contribution < 1.29 is 13.2 Å². The SMILES string of the molecule is O=C(NCc1ccc(CN2CCCC2)cc1)c1sccc1S(=O)(=O)N1CCc2ccccc2C1. The summed E-state index contributed by atoms with van der Waals surface area (Å²) in [5, 5.41) is 4.58. The van der Waals surface area contributed by atoms with E-state index in [1.165, 1.54) is 39.6 Å². The molecule has 2 aliphatic heterocycles. The van der Waals surface area contributed by atoms with Crippen molar-refractivity contribution in [2.45, 2.75) is 43.8 Å². The van der Waals surface area contributed by atoms with Crippen LogP contribution in [0.4, 0.5) is 0 Å². The summed E-state index contributed by atoms with van der Waals surface area (Å²) in [4.78, 5) is 15.7. The van der Waals surface area contributed by atoms with E-state index in [2.05, 4.69) is 22.3 Å². The minimum Gasteiger partial charge on any atom is -0.347 e. The van der Waals surface area contributed by atoms with E-state index in [4.69, 9.17) is 0 Å². The molecule has 1 N–H and O–H groups in total. The first-order valence-electron chi connectivity index (χ1n) is 11.7. The fraction of sp³-hybridized carbons (Fsp3) is 0.346. The molecule has 0 bridgehead atoms. The molecule has 1 fully saturated rings. The Kier molecular flexibility index (Phi) is 6.83. The van der Waals surface area contributed by atoms with Gasteiger partial charge in [0.05, 0.1) is 0 Å². The summed E-state index contributed by atoms with van der Waals surface area (Å²) in [5.41, 5.74) is 4.47. The molecular formula is C26H29N3O3S2. The Bertz CT molecular complexity index is 1260. The molecule has 8 heteroatoms. The quantitative estimate of drug-likeness (QED) is 0.538. The second-order valence-electron chi connectivity index (χ2n) is 8.95. The topological polar surface area (TPSA) is 69.7 Å². The molecule has 0 radical (unpaired) electrons. The minimum atomic E-state index is -3.76. The molecule has 0 aliphatic carbocycles. The molecule has 2 aromatic carbocycles. The Labute approximate surface area is 205 Å². The minimum absolute atomic E-state index is 0.0929. The number of carbonyl (C=O) groups is 1. The average Bonchev–Trinajstić information content (AvgIpc) is 3.56. The summed E-state index contributed by atoms with van der Waals surface area (Å²) in [5.74, 6) is -0.355. The van der Waals surface area contributed by atoms with E-state index in [-0.39, 0.29) is 15.7 Å². The Morgan fingerprint density at radius 3 is 2.38 bits per heavy atom. The van der Waals surface area contributed by atoms with Gasteiger partial charge in [0.25, 0.3) is 5.91 Å². The Morgan fingerprint density at radius 2 is 1.62 bits per heavy atom. The summed E-state index contributed by atoms with van der Waals surface area (Å²) in [6.45, 7) is 4.39. The predicted octanol–water partition coefficient (Wildman–Crippen LogP) is 4.02. The molecule has 1 aromatic heterocycles. The highest BCUT2D eigenvalue weighted by atomic mass is 32.2. The van der Waals surface area contributed by atoms with Crippen molar-refractivity contribution in [3.05, 3.63) is 87.1 Å². The molecule has 0 unspecified atom stereocenters. The molecule has 6 nitrogen and oxygen atoms in total. The number of likely N-dealkylation sites (tertiary alicyclic amines) is 1. The van der Waals surface area contributed by atoms with Crippen LogP contribution in [-0.4, -0.2) is 43.2 Å². The van der Waals surface area contributed by atoms with Crippen LogP contribution in [0.3, 0.4) is 0 Å². The van der Waals surface area contributed by atoms with E-state index in [0.29, 0.717) is 26.1 Å². The Balaban J connectivity index is 1.23. The van der Waals surface area contributed by atoms with Crippen LogP contribution in [0.2, 0.25) is 0 Å². The second kappa shape index (κ2) is 10.00. The van der Waals surface area contributed by atoms with Gasteiger partial charge in [-0.1, -0.05) is 48.5 Å². The molecule has 1 saturated heterocycles. The van der Waals surface area contributed by atoms with Crippen molar-refractivity contribution >= 4 is 27.3 Å². The van der Waals surface area contributed by atoms with Crippen LogP contribution in [0.25, 0.3) is 0 Å². The van der Waals surface area contributed by atoms with Crippen LogP contribution in [0.15, 0.2) is 64.9 Å². The highest BCUT2D eigenvalue weighted by molar-refractivity contribution is 7.89. The summed E-state index contributed by atoms with van der Waals surface area (Å²) in [6.07, 6.45) is 3.22. The lowest BCUT2D eigenvalue weighted by Crippen LogP contribution is -2.36. The van der Waals surface area contributed by atoms with Gasteiger partial charge in [0.2, 0.25) is 10.0 Å². The molecule has 3 heterocycles. The van der Waals surface area contributed by atoms with E-state index in [1.54, 1.807) is 11.4 Å². The maximum absolute atomic E-state index is 13.4. The van der Waals surface area contributed by atoms with Crippen LogP contribution in [-0.2, 0) is 36.1 Å². The third kappa shape index (κ3) is 4.95. The van der Waals surface area contributed by atoms with Crippen molar-refractivity contribution in [3.8, 4) is 0 Å². The van der Waals surface area contributed by atoms with Crippen LogP contribution in [0.5, 0.6) is 0 Å². The summed E-state index contributed by atoms with van der Waals surface area (Å²) in [7, 11) is -3.76. The summed E-state index contributed by atoms with van der Waals surface area (Å²) >= 11 is 1.17. The van der Waals surface area contributed by atoms with Gasteiger partial charge in [-0.15, -0.1) is 11.3 Å². The van der Waals surface area contributed by atoms with Gasteiger partial charge in [-0.05, 0) is 66.1 Å². The first-order chi connectivity index (χ1) is 16.5. The lowest BCUT2D eigenvalue weighted by molar-refractivity contribution is 0.0952. The molecule has 2 aliphatic rings. The zero-order valence-electron chi connectivity index (χ0n) is 19.1. The number of rotatable bonds is 7. The number of hydrogen-bond donors (Lipinski definition) is 1. The van der Waals surface area contributed by atoms with Crippen molar-refractivity contribution in [3.63, 3.8) is 0 Å². The lowest BCUT2D eigenvalue weighted by Gasteiger charge is -2.28. The highest BCUT2D eigenvalue weighted by Crippen LogP contribution is 2.29. The largest absolute Gasteiger partial charge is 0.347 e. The average molecular weight is 496 g/mol. The number of sulfonamides is 1. The van der Waals surface area contributed by atoms with Crippen LogP contribution in [0.1, 0.15) is 44.8 Å². The van der Waals surface area contributed by atoms with Crippen LogP contribution < -0.4 is 5.32 Å². The number of hydrogen-bond acceptors (Lipinski definition) is 5. The molecular weight excluding hydrogens is 466 g/mol. The van der Waals surface area contributed by atoms with Gasteiger partial charge in [-0.3, -0.25) is 9.69 Å². The molecule has 1 amide bonds. The fourth-order valence-corrected chi connectivity index (χ4v) is 7.44. The third-order valence-corrected chi connectivity index (χ3v) is 9.56. The first kappa shape index (κ1) is 23.2. The Hall–Kier alpha value is -2.52. The van der Waals surface area contributed by atoms with Gasteiger partial charge in [-0.25, -0.2) is 8.42 Å². The second-order valence-corrected chi connectivity index (χ2v) is 11.8. The normalized spacial score (nSPS) is 16.9. The van der Waals surface area contributed by atoms with Gasteiger partial charge in [0.15, 0.2) is 0 Å². The van der Waals surface area contributed by atoms with Crippen molar-refractivity contribution in [1.29, 1.82) is 0 Å². The summed E-state index contributed by atoms with van der Waals surface area (Å²) < 4.78 is 28.3. The van der Waals surface area contributed by atoms with Crippen LogP contribution >= 0.6 is 11.3 Å². The number of carbonyl (C=O) groups excluding carboxylic acids is 1. The van der Waals surface area contributed by atoms with Gasteiger partial charge < -0.3 is 5.32 Å². The zero-order chi connectivity index (χ0) is 23.5. The smallest absolute Gasteiger partial charge is 0.263 e. The molecule has 3 aromatic rings. The van der Waals surface area contributed by atoms with Gasteiger partial charge in [0.1, 0.15) is 9.77 Å². The zero-order valence-corrected chi connectivity index (χ0v) is 20.7. The lowest BCUT2D eigenvalue weighted by atomic mass is 10.0. The van der Waals surface area contributed by atoms with Crippen molar-refractivity contribution in [2.24, 2.45) is 0 Å². The molecule has 0 spiro atoms. The van der Waals surface area contributed by atoms with Crippen molar-refractivity contribution in [1.82, 2.24) is 14.5 Å². The third-order valence-electron chi connectivity index (χ3n) is 6.63. The molecule has 0 atom stereocenters. The van der Waals surface area contributed by atoms with Crippen molar-refractivity contribution in [2.75, 3.05) is 19.6 Å². The van der Waals surface area contributed by atoms with Gasteiger partial charge in [0, 0.05) is 26.2 Å². The fourth-order valence-electron chi connectivity index (χ4n) is 4.70. The summed E-state index contributed by atoms with van der Waals surface area (Å²) in [6, 6.07) is 17.7. The van der Waals surface area contributed by atoms with E-state index < -0.39 is 10.0 Å². The van der Waals surface area contributed by atoms with E-state index >= 15 is 0 Å². The predicted molar refractivity (Wildman–Crippen MR) is 134 cm³/mol. The number of thiophene rings is 1. The van der Waals surface area contributed by atoms with Gasteiger partial charge in [-0.2, -0.15) is 4.31 Å². The standard InChI is InChI=1S/C26H29N3O3S2/c30-26(27-17-20-7-9-21(10-8-20)18-28-13-3-4-14-28)25-24(12-16-33-25)34(31,32)29-15-11-22-5-1-2-6-23(22)19-29/h1-2,5-10,12,16H,3-4,11,13-15,17-19H2,(H,27,30). The van der Waals surface area contributed by atoms with E-state index in [9.17, 15) is 13.2 Å². The maximum Gasteiger partial charge on any atom is 0.263 e. The maximum atomic E-state index is 13.4. The monoisotopic (exact) mass is 495 g/mol. The number of nitrogens with one attached hydrogen (secondary N) is 1. The van der Waals surface area contributed by atoms with E-state index in [0.717, 1.165) is 30.8 Å². The molecule has 34 heavy (non-hydrogen) atoms. The number of benzene rings is 2. The first-order valence-corrected chi connectivity index (χ1v) is 14.1. The highest BCUT2D eigenvalue weighted by Gasteiger charge is 2.32. The van der Waals surface area contributed by atoms with Gasteiger partial charge >= 0.3 is 0 Å². The number of amides is 1. The number of fused-ring (bicyclic) bond motifs is 1. The van der Waals surface area contributed by atoms with Crippen LogP contribution in [0, 0.1) is 0 Å². The molecule has 178 valence electrons.